The van der Waals surface area contributed by atoms with E-state index in [1.807, 2.05) is 11.3 Å². The van der Waals surface area contributed by atoms with Crippen molar-refractivity contribution in [1.29, 1.82) is 0 Å². The predicted molar refractivity (Wildman–Crippen MR) is 317 cm³/mol. The molecule has 0 saturated heterocycles. The van der Waals surface area contributed by atoms with E-state index >= 15 is 0 Å². The summed E-state index contributed by atoms with van der Waals surface area (Å²) in [4.78, 5) is 2.49. The Morgan fingerprint density at radius 3 is 1.37 bits per heavy atom. The van der Waals surface area contributed by atoms with Crippen molar-refractivity contribution in [3.05, 3.63) is 293 Å². The number of nitrogens with zero attached hydrogens (tertiary/aromatic N) is 1. The van der Waals surface area contributed by atoms with Crippen molar-refractivity contribution in [2.45, 2.75) is 43.9 Å². The molecule has 2 heteroatoms. The summed E-state index contributed by atoms with van der Waals surface area (Å²) in [7, 11) is 0. The van der Waals surface area contributed by atoms with E-state index in [9.17, 15) is 0 Å². The molecule has 0 atom stereocenters. The van der Waals surface area contributed by atoms with Crippen LogP contribution in [0.25, 0.3) is 75.8 Å². The lowest BCUT2D eigenvalue weighted by atomic mass is 9.66. The third kappa shape index (κ3) is 6.24. The lowest BCUT2D eigenvalue weighted by Gasteiger charge is -2.35. The Kier molecular flexibility index (Phi) is 9.51. The van der Waals surface area contributed by atoms with Crippen LogP contribution in [0.2, 0.25) is 0 Å². The van der Waals surface area contributed by atoms with Gasteiger partial charge in [0, 0.05) is 48.1 Å². The van der Waals surface area contributed by atoms with Crippen LogP contribution in [0, 0.1) is 0 Å². The SMILES string of the molecule is CC1(C)c2ccccc2-c2ccc(N(c3ccc(-c4ccc(-c5ccc6sc7ccccc7c6c5)c5c4-c4ccccc4C5(c4ccccc4)c4ccccc4)cc3)c3ccc4c(c3)C(C)(C)c3ccccc3-4)cc21. The number of fused-ring (bicyclic) bond motifs is 12. The number of rotatable bonds is 7. The molecule has 0 aliphatic heterocycles. The number of benzene rings is 11. The molecule has 0 saturated carbocycles. The van der Waals surface area contributed by atoms with Gasteiger partial charge in [-0.15, -0.1) is 11.3 Å². The van der Waals surface area contributed by atoms with Crippen LogP contribution in [-0.4, -0.2) is 0 Å². The molecular weight excluding hydrogens is 923 g/mol. The van der Waals surface area contributed by atoms with Gasteiger partial charge in [0.25, 0.3) is 0 Å². The van der Waals surface area contributed by atoms with Crippen LogP contribution >= 0.6 is 11.3 Å². The highest BCUT2D eigenvalue weighted by molar-refractivity contribution is 7.25. The molecule has 15 rings (SSSR count). The topological polar surface area (TPSA) is 3.24 Å². The van der Waals surface area contributed by atoms with Gasteiger partial charge >= 0.3 is 0 Å². The van der Waals surface area contributed by atoms with Gasteiger partial charge in [-0.2, -0.15) is 0 Å². The number of hydrogen-bond acceptors (Lipinski definition) is 2. The summed E-state index contributed by atoms with van der Waals surface area (Å²) in [6, 6.07) is 94.2. The van der Waals surface area contributed by atoms with Crippen LogP contribution < -0.4 is 4.90 Å². The molecule has 75 heavy (non-hydrogen) atoms. The van der Waals surface area contributed by atoms with E-state index in [0.717, 1.165) is 17.1 Å². The maximum atomic E-state index is 2.49. The predicted octanol–water partition coefficient (Wildman–Crippen LogP) is 19.8. The molecule has 0 spiro atoms. The molecule has 0 N–H and O–H groups in total. The second kappa shape index (κ2) is 16.2. The molecular formula is C73H53NS. The highest BCUT2D eigenvalue weighted by Gasteiger charge is 2.49. The molecule has 1 nitrogen and oxygen atoms in total. The first-order chi connectivity index (χ1) is 36.7. The smallest absolute Gasteiger partial charge is 0.0719 e. The van der Waals surface area contributed by atoms with Crippen LogP contribution in [0.4, 0.5) is 17.1 Å². The minimum Gasteiger partial charge on any atom is -0.310 e. The van der Waals surface area contributed by atoms with Crippen LogP contribution in [-0.2, 0) is 16.2 Å². The van der Waals surface area contributed by atoms with Crippen LogP contribution in [0.5, 0.6) is 0 Å². The molecule has 1 aromatic heterocycles. The van der Waals surface area contributed by atoms with Crippen LogP contribution in [0.15, 0.2) is 249 Å². The molecule has 12 aromatic rings. The normalized spacial score (nSPS) is 14.7. The number of hydrogen-bond donors (Lipinski definition) is 0. The van der Waals surface area contributed by atoms with E-state index in [-0.39, 0.29) is 10.8 Å². The average molecular weight is 976 g/mol. The Bertz CT molecular complexity index is 4140. The fraction of sp³-hybridized carbons (Fsp3) is 0.0959. The number of thiophene rings is 1. The minimum absolute atomic E-state index is 0.139. The minimum atomic E-state index is -0.593. The van der Waals surface area contributed by atoms with Crippen molar-refractivity contribution >= 4 is 48.6 Å². The first-order valence-electron chi connectivity index (χ1n) is 26.4. The van der Waals surface area contributed by atoms with Crippen LogP contribution in [0.1, 0.15) is 72.2 Å². The zero-order valence-electron chi connectivity index (χ0n) is 42.5. The van der Waals surface area contributed by atoms with Gasteiger partial charge in [0.05, 0.1) is 5.41 Å². The van der Waals surface area contributed by atoms with Gasteiger partial charge in [-0.05, 0) is 155 Å². The fourth-order valence-corrected chi connectivity index (χ4v) is 14.9. The first-order valence-corrected chi connectivity index (χ1v) is 27.2. The summed E-state index contributed by atoms with van der Waals surface area (Å²) in [6.45, 7) is 9.52. The summed E-state index contributed by atoms with van der Waals surface area (Å²) < 4.78 is 2.63. The molecule has 3 aliphatic carbocycles. The maximum Gasteiger partial charge on any atom is 0.0719 e. The highest BCUT2D eigenvalue weighted by Crippen LogP contribution is 2.61. The van der Waals surface area contributed by atoms with E-state index in [2.05, 4.69) is 281 Å². The Hall–Kier alpha value is -8.56. The van der Waals surface area contributed by atoms with Gasteiger partial charge in [-0.3, -0.25) is 0 Å². The van der Waals surface area contributed by atoms with E-state index in [4.69, 9.17) is 0 Å². The second-order valence-electron chi connectivity index (χ2n) is 21.9. The Balaban J connectivity index is 0.946. The van der Waals surface area contributed by atoms with Crippen molar-refractivity contribution in [2.24, 2.45) is 0 Å². The summed E-state index contributed by atoms with van der Waals surface area (Å²) in [6.07, 6.45) is 0. The van der Waals surface area contributed by atoms with Gasteiger partial charge in [-0.25, -0.2) is 0 Å². The molecule has 0 fully saturated rings. The van der Waals surface area contributed by atoms with Gasteiger partial charge in [0.15, 0.2) is 0 Å². The molecule has 1 heterocycles. The average Bonchev–Trinajstić information content (AvgIpc) is 4.14. The molecule has 0 unspecified atom stereocenters. The van der Waals surface area contributed by atoms with Gasteiger partial charge in [0.1, 0.15) is 0 Å². The van der Waals surface area contributed by atoms with Crippen LogP contribution in [0.3, 0.4) is 0 Å². The largest absolute Gasteiger partial charge is 0.310 e. The molecule has 11 aromatic carbocycles. The summed E-state index contributed by atoms with van der Waals surface area (Å²) >= 11 is 1.88. The van der Waals surface area contributed by atoms with E-state index < -0.39 is 5.41 Å². The molecule has 0 bridgehead atoms. The standard InChI is InChI=1S/C73H53NS/c1-71(2)62-27-15-11-23-55(62)57-38-36-51(44-65(57)71)74(52-37-39-58-56-24-12-16-28-63(56)72(3,4)66(58)45-52)50-34-31-46(32-35-50)53-40-41-54(47-33-42-68-61(43-47)59-25-14-18-30-67(59)75-68)70-69(53)60-26-13-17-29-64(60)73(70,48-19-7-5-8-20-48)49-21-9-6-10-22-49/h5-45H,1-4H3. The summed E-state index contributed by atoms with van der Waals surface area (Å²) in [5.74, 6) is 0. The molecule has 3 aliphatic rings. The van der Waals surface area contributed by atoms with E-state index in [1.165, 1.54) is 120 Å². The molecule has 356 valence electrons. The lowest BCUT2D eigenvalue weighted by Crippen LogP contribution is -2.29. The maximum absolute atomic E-state index is 2.49. The third-order valence-corrected chi connectivity index (χ3v) is 18.5. The molecule has 0 amide bonds. The summed E-state index contributed by atoms with van der Waals surface area (Å²) in [5, 5.41) is 2.62. The van der Waals surface area contributed by atoms with Crippen molar-refractivity contribution in [3.8, 4) is 55.6 Å². The lowest BCUT2D eigenvalue weighted by molar-refractivity contribution is 0.660. The fourth-order valence-electron chi connectivity index (χ4n) is 13.9. The van der Waals surface area contributed by atoms with Crippen molar-refractivity contribution in [2.75, 3.05) is 4.90 Å². The van der Waals surface area contributed by atoms with E-state index in [0.29, 0.717) is 0 Å². The first kappa shape index (κ1) is 44.0. The number of anilines is 3. The van der Waals surface area contributed by atoms with Gasteiger partial charge in [0.2, 0.25) is 0 Å². The second-order valence-corrected chi connectivity index (χ2v) is 23.0. The highest BCUT2D eigenvalue weighted by atomic mass is 32.1. The monoisotopic (exact) mass is 975 g/mol. The van der Waals surface area contributed by atoms with Gasteiger partial charge < -0.3 is 4.90 Å². The van der Waals surface area contributed by atoms with Crippen molar-refractivity contribution < 1.29 is 0 Å². The van der Waals surface area contributed by atoms with Crippen molar-refractivity contribution in [1.82, 2.24) is 0 Å². The van der Waals surface area contributed by atoms with Gasteiger partial charge in [-0.1, -0.05) is 222 Å². The van der Waals surface area contributed by atoms with Crippen molar-refractivity contribution in [3.63, 3.8) is 0 Å². The quantitative estimate of drug-likeness (QED) is 0.154. The molecule has 0 radical (unpaired) electrons. The Morgan fingerprint density at radius 1 is 0.307 bits per heavy atom. The zero-order valence-corrected chi connectivity index (χ0v) is 43.3. The summed E-state index contributed by atoms with van der Waals surface area (Å²) in [5.41, 5.74) is 26.0. The third-order valence-electron chi connectivity index (χ3n) is 17.4. The van der Waals surface area contributed by atoms with E-state index in [1.54, 1.807) is 0 Å². The zero-order chi connectivity index (χ0) is 50.2. The Labute approximate surface area is 443 Å². The Morgan fingerprint density at radius 2 is 0.760 bits per heavy atom.